The standard InChI is InChI=1S/C21H21F2N3O3S2/c1-2-26-19(28)17-12-7-3-6-10-15(12)31-18(17)25-21(26)30-11-16(27)24-13-8-4-5-9-14(13)29-20(22)23/h4-5,8-9,20H,2-3,6-7,10-11H2,1H3,(H,24,27). The van der Waals surface area contributed by atoms with Crippen LogP contribution in [-0.2, 0) is 24.2 Å². The lowest BCUT2D eigenvalue weighted by Gasteiger charge is -2.13. The van der Waals surface area contributed by atoms with E-state index < -0.39 is 12.5 Å². The van der Waals surface area contributed by atoms with Crippen LogP contribution in [0.3, 0.4) is 0 Å². The van der Waals surface area contributed by atoms with E-state index in [1.807, 2.05) is 6.92 Å². The first-order valence-electron chi connectivity index (χ1n) is 9.99. The molecule has 6 nitrogen and oxygen atoms in total. The Morgan fingerprint density at radius 2 is 2.10 bits per heavy atom. The number of benzene rings is 1. The van der Waals surface area contributed by atoms with Crippen molar-refractivity contribution in [3.8, 4) is 5.75 Å². The number of nitrogens with one attached hydrogen (secondary N) is 1. The molecule has 31 heavy (non-hydrogen) atoms. The predicted molar refractivity (Wildman–Crippen MR) is 119 cm³/mol. The molecule has 0 fully saturated rings. The minimum absolute atomic E-state index is 0.0218. The topological polar surface area (TPSA) is 73.2 Å². The second kappa shape index (κ2) is 9.35. The van der Waals surface area contributed by atoms with Crippen LogP contribution in [0.15, 0.2) is 34.2 Å². The molecule has 3 aromatic rings. The van der Waals surface area contributed by atoms with Gasteiger partial charge in [-0.15, -0.1) is 11.3 Å². The van der Waals surface area contributed by atoms with Gasteiger partial charge in [-0.3, -0.25) is 14.2 Å². The number of thioether (sulfide) groups is 1. The zero-order chi connectivity index (χ0) is 22.0. The average molecular weight is 466 g/mol. The van der Waals surface area contributed by atoms with E-state index in [1.165, 1.54) is 17.0 Å². The third-order valence-corrected chi connectivity index (χ3v) is 7.23. The maximum atomic E-state index is 13.1. The summed E-state index contributed by atoms with van der Waals surface area (Å²) < 4.78 is 31.2. The molecule has 0 radical (unpaired) electrons. The fourth-order valence-corrected chi connectivity index (χ4v) is 5.86. The van der Waals surface area contributed by atoms with Gasteiger partial charge in [-0.1, -0.05) is 23.9 Å². The SMILES string of the molecule is CCn1c(SCC(=O)Nc2ccccc2OC(F)F)nc2sc3c(c2c1=O)CCCC3. The molecule has 0 spiro atoms. The van der Waals surface area contributed by atoms with E-state index >= 15 is 0 Å². The van der Waals surface area contributed by atoms with Crippen molar-refractivity contribution >= 4 is 44.9 Å². The fourth-order valence-electron chi connectivity index (χ4n) is 3.69. The van der Waals surface area contributed by atoms with Gasteiger partial charge in [0.05, 0.1) is 16.8 Å². The highest BCUT2D eigenvalue weighted by molar-refractivity contribution is 7.99. The molecule has 1 aliphatic carbocycles. The Bertz CT molecular complexity index is 1180. The summed E-state index contributed by atoms with van der Waals surface area (Å²) in [7, 11) is 0. The summed E-state index contributed by atoms with van der Waals surface area (Å²) >= 11 is 2.72. The Morgan fingerprint density at radius 1 is 1.32 bits per heavy atom. The molecule has 1 amide bonds. The van der Waals surface area contributed by atoms with Gasteiger partial charge in [0.15, 0.2) is 5.16 Å². The van der Waals surface area contributed by atoms with Gasteiger partial charge >= 0.3 is 6.61 Å². The van der Waals surface area contributed by atoms with Crippen molar-refractivity contribution in [2.45, 2.75) is 50.9 Å². The Morgan fingerprint density at radius 3 is 2.87 bits per heavy atom. The molecule has 164 valence electrons. The molecule has 2 aromatic heterocycles. The minimum atomic E-state index is -2.99. The summed E-state index contributed by atoms with van der Waals surface area (Å²) in [5.74, 6) is -0.533. The van der Waals surface area contributed by atoms with Gasteiger partial charge in [0.25, 0.3) is 5.56 Å². The van der Waals surface area contributed by atoms with E-state index in [0.29, 0.717) is 17.1 Å². The maximum Gasteiger partial charge on any atom is 0.387 e. The number of aromatic nitrogens is 2. The zero-order valence-corrected chi connectivity index (χ0v) is 18.5. The largest absolute Gasteiger partial charge is 0.433 e. The number of hydrogen-bond donors (Lipinski definition) is 1. The highest BCUT2D eigenvalue weighted by Gasteiger charge is 2.22. The van der Waals surface area contributed by atoms with Crippen LogP contribution in [0, 0.1) is 0 Å². The molecule has 0 aliphatic heterocycles. The van der Waals surface area contributed by atoms with E-state index in [9.17, 15) is 18.4 Å². The number of hydrogen-bond acceptors (Lipinski definition) is 6. The second-order valence-electron chi connectivity index (χ2n) is 7.05. The summed E-state index contributed by atoms with van der Waals surface area (Å²) in [6.07, 6.45) is 4.09. The van der Waals surface area contributed by atoms with Crippen molar-refractivity contribution in [3.63, 3.8) is 0 Å². The van der Waals surface area contributed by atoms with Crippen molar-refractivity contribution < 1.29 is 18.3 Å². The third kappa shape index (κ3) is 4.59. The van der Waals surface area contributed by atoms with Gasteiger partial charge in [0.1, 0.15) is 10.6 Å². The molecule has 1 aliphatic rings. The fraction of sp³-hybridized carbons (Fsp3) is 0.381. The van der Waals surface area contributed by atoms with Crippen molar-refractivity contribution in [3.05, 3.63) is 45.1 Å². The van der Waals surface area contributed by atoms with Gasteiger partial charge in [0, 0.05) is 11.4 Å². The molecule has 1 aromatic carbocycles. The number of para-hydroxylation sites is 2. The molecule has 10 heteroatoms. The molecule has 0 bridgehead atoms. The van der Waals surface area contributed by atoms with Crippen molar-refractivity contribution in [1.29, 1.82) is 0 Å². The van der Waals surface area contributed by atoms with Crippen LogP contribution in [0.2, 0.25) is 0 Å². The van der Waals surface area contributed by atoms with E-state index in [2.05, 4.69) is 15.0 Å². The summed E-state index contributed by atoms with van der Waals surface area (Å²) in [5, 5.41) is 3.78. The van der Waals surface area contributed by atoms with E-state index in [0.717, 1.165) is 47.8 Å². The van der Waals surface area contributed by atoms with E-state index in [4.69, 9.17) is 0 Å². The number of amides is 1. The highest BCUT2D eigenvalue weighted by Crippen LogP contribution is 2.34. The monoisotopic (exact) mass is 465 g/mol. The number of carbonyl (C=O) groups is 1. The Labute approximate surface area is 185 Å². The first-order chi connectivity index (χ1) is 15.0. The molecule has 4 rings (SSSR count). The molecule has 0 saturated heterocycles. The van der Waals surface area contributed by atoms with E-state index in [1.54, 1.807) is 28.0 Å². The van der Waals surface area contributed by atoms with Crippen LogP contribution >= 0.6 is 23.1 Å². The number of aryl methyl sites for hydroxylation is 2. The predicted octanol–water partition coefficient (Wildman–Crippen LogP) is 4.69. The van der Waals surface area contributed by atoms with Gasteiger partial charge in [-0.05, 0) is 50.3 Å². The van der Waals surface area contributed by atoms with Crippen LogP contribution in [0.5, 0.6) is 5.75 Å². The summed E-state index contributed by atoms with van der Waals surface area (Å²) in [6, 6.07) is 6.01. The Balaban J connectivity index is 1.54. The van der Waals surface area contributed by atoms with Crippen LogP contribution < -0.4 is 15.6 Å². The van der Waals surface area contributed by atoms with Crippen molar-refractivity contribution in [1.82, 2.24) is 9.55 Å². The van der Waals surface area contributed by atoms with Crippen molar-refractivity contribution in [2.24, 2.45) is 0 Å². The van der Waals surface area contributed by atoms with Gasteiger partial charge in [-0.25, -0.2) is 4.98 Å². The Kier molecular flexibility index (Phi) is 6.57. The summed E-state index contributed by atoms with van der Waals surface area (Å²) in [6.45, 7) is -0.670. The molecule has 0 atom stereocenters. The minimum Gasteiger partial charge on any atom is -0.433 e. The second-order valence-corrected chi connectivity index (χ2v) is 9.07. The van der Waals surface area contributed by atoms with E-state index in [-0.39, 0.29) is 22.7 Å². The van der Waals surface area contributed by atoms with Crippen LogP contribution in [0.25, 0.3) is 10.2 Å². The van der Waals surface area contributed by atoms with Crippen LogP contribution in [0.1, 0.15) is 30.2 Å². The number of ether oxygens (including phenoxy) is 1. The van der Waals surface area contributed by atoms with Crippen LogP contribution in [-0.4, -0.2) is 27.8 Å². The van der Waals surface area contributed by atoms with Gasteiger partial charge in [0.2, 0.25) is 5.91 Å². The number of anilines is 1. The van der Waals surface area contributed by atoms with Gasteiger partial charge in [-0.2, -0.15) is 8.78 Å². The third-order valence-electron chi connectivity index (χ3n) is 5.07. The molecular formula is C21H21F2N3O3S2. The van der Waals surface area contributed by atoms with Crippen molar-refractivity contribution in [2.75, 3.05) is 11.1 Å². The Hall–Kier alpha value is -2.46. The smallest absolute Gasteiger partial charge is 0.387 e. The molecular weight excluding hydrogens is 444 g/mol. The maximum absolute atomic E-state index is 13.1. The highest BCUT2D eigenvalue weighted by atomic mass is 32.2. The number of fused-ring (bicyclic) bond motifs is 3. The molecule has 2 heterocycles. The lowest BCUT2D eigenvalue weighted by molar-refractivity contribution is -0.113. The quantitative estimate of drug-likeness (QED) is 0.405. The molecule has 0 unspecified atom stereocenters. The zero-order valence-electron chi connectivity index (χ0n) is 16.8. The molecule has 0 saturated carbocycles. The lowest BCUT2D eigenvalue weighted by Crippen LogP contribution is -2.24. The lowest BCUT2D eigenvalue weighted by atomic mass is 9.97. The number of thiophene rings is 1. The average Bonchev–Trinajstić information content (AvgIpc) is 3.12. The van der Waals surface area contributed by atoms with Crippen LogP contribution in [0.4, 0.5) is 14.5 Å². The number of rotatable bonds is 7. The first kappa shape index (κ1) is 21.8. The number of carbonyl (C=O) groups excluding carboxylic acids is 1. The van der Waals surface area contributed by atoms with Gasteiger partial charge < -0.3 is 10.1 Å². The first-order valence-corrected chi connectivity index (χ1v) is 11.8. The number of halogens is 2. The normalized spacial score (nSPS) is 13.4. The number of alkyl halides is 2. The summed E-state index contributed by atoms with van der Waals surface area (Å²) in [5.41, 5.74) is 1.23. The number of nitrogens with zero attached hydrogens (tertiary/aromatic N) is 2. The molecule has 1 N–H and O–H groups in total. The summed E-state index contributed by atoms with van der Waals surface area (Å²) in [4.78, 5) is 32.2.